The van der Waals surface area contributed by atoms with Gasteiger partial charge in [0.1, 0.15) is 5.60 Å². The van der Waals surface area contributed by atoms with E-state index in [4.69, 9.17) is 0 Å². The Morgan fingerprint density at radius 3 is 2.89 bits per heavy atom. The van der Waals surface area contributed by atoms with Crippen LogP contribution in [-0.4, -0.2) is 40.4 Å². The Balaban J connectivity index is 2.23. The molecule has 1 aromatic heterocycles. The van der Waals surface area contributed by atoms with Crippen LogP contribution in [0.2, 0.25) is 0 Å². The van der Waals surface area contributed by atoms with Crippen molar-refractivity contribution < 1.29 is 5.11 Å². The van der Waals surface area contributed by atoms with Crippen LogP contribution in [-0.2, 0) is 12.1 Å². The highest BCUT2D eigenvalue weighted by molar-refractivity contribution is 9.10. The summed E-state index contributed by atoms with van der Waals surface area (Å²) < 4.78 is 2.88. The average molecular weight is 316 g/mol. The zero-order valence-electron chi connectivity index (χ0n) is 11.4. The van der Waals surface area contributed by atoms with E-state index in [0.717, 1.165) is 42.5 Å². The van der Waals surface area contributed by atoms with E-state index in [-0.39, 0.29) is 0 Å². The fraction of sp³-hybridized carbons (Fsp3) is 0.769. The van der Waals surface area contributed by atoms with E-state index >= 15 is 0 Å². The fourth-order valence-electron chi connectivity index (χ4n) is 2.77. The Labute approximate surface area is 117 Å². The van der Waals surface area contributed by atoms with Gasteiger partial charge in [0.2, 0.25) is 0 Å². The van der Waals surface area contributed by atoms with Crippen LogP contribution >= 0.6 is 15.9 Å². The predicted octanol–water partition coefficient (Wildman–Crippen LogP) is 2.21. The summed E-state index contributed by atoms with van der Waals surface area (Å²) in [5.74, 6) is 0.582. The molecule has 18 heavy (non-hydrogen) atoms. The molecule has 1 heterocycles. The van der Waals surface area contributed by atoms with Gasteiger partial charge >= 0.3 is 0 Å². The maximum absolute atomic E-state index is 10.8. The molecule has 5 heteroatoms. The largest absolute Gasteiger partial charge is 0.384 e. The topological polar surface area (TPSA) is 41.3 Å². The van der Waals surface area contributed by atoms with Crippen molar-refractivity contribution in [3.8, 4) is 0 Å². The second-order valence-electron chi connectivity index (χ2n) is 5.75. The van der Waals surface area contributed by atoms with Crippen molar-refractivity contribution in [2.45, 2.75) is 38.3 Å². The minimum Gasteiger partial charge on any atom is -0.384 e. The van der Waals surface area contributed by atoms with Gasteiger partial charge in [-0.3, -0.25) is 4.68 Å². The first-order valence-corrected chi connectivity index (χ1v) is 7.30. The van der Waals surface area contributed by atoms with Crippen molar-refractivity contribution in [1.82, 2.24) is 14.7 Å². The molecule has 2 atom stereocenters. The molecule has 0 amide bonds. The summed E-state index contributed by atoms with van der Waals surface area (Å²) >= 11 is 3.53. The monoisotopic (exact) mass is 315 g/mol. The van der Waals surface area contributed by atoms with Gasteiger partial charge in [0, 0.05) is 6.54 Å². The number of aromatic nitrogens is 2. The highest BCUT2D eigenvalue weighted by atomic mass is 79.9. The van der Waals surface area contributed by atoms with Crippen molar-refractivity contribution >= 4 is 15.9 Å². The lowest BCUT2D eigenvalue weighted by Crippen LogP contribution is -2.29. The Kier molecular flexibility index (Phi) is 4.14. The molecule has 102 valence electrons. The third-order valence-corrected chi connectivity index (χ3v) is 4.31. The number of nitrogens with zero attached hydrogens (tertiary/aromatic N) is 3. The van der Waals surface area contributed by atoms with Crippen LogP contribution < -0.4 is 0 Å². The van der Waals surface area contributed by atoms with Gasteiger partial charge in [0.05, 0.1) is 22.9 Å². The third-order valence-electron chi connectivity index (χ3n) is 3.73. The first kappa shape index (κ1) is 14.0. The number of rotatable bonds is 4. The van der Waals surface area contributed by atoms with E-state index in [1.807, 2.05) is 18.8 Å². The zero-order chi connectivity index (χ0) is 13.3. The molecule has 0 aliphatic heterocycles. The number of hydrogen-bond acceptors (Lipinski definition) is 3. The van der Waals surface area contributed by atoms with Gasteiger partial charge in [-0.05, 0) is 55.2 Å². The highest BCUT2D eigenvalue weighted by Crippen LogP contribution is 2.44. The van der Waals surface area contributed by atoms with Crippen LogP contribution in [0.15, 0.2) is 10.7 Å². The SMILES string of the molecule is CC1CCC(O)(c2c(Br)cnn2CCN(C)C)C1. The second kappa shape index (κ2) is 5.31. The summed E-state index contributed by atoms with van der Waals surface area (Å²) in [4.78, 5) is 2.13. The van der Waals surface area contributed by atoms with Gasteiger partial charge in [-0.15, -0.1) is 0 Å². The van der Waals surface area contributed by atoms with E-state index in [1.54, 1.807) is 6.20 Å². The molecular weight excluding hydrogens is 294 g/mol. The first-order chi connectivity index (χ1) is 8.42. The summed E-state index contributed by atoms with van der Waals surface area (Å²) in [7, 11) is 4.09. The lowest BCUT2D eigenvalue weighted by molar-refractivity contribution is 0.0302. The van der Waals surface area contributed by atoms with Gasteiger partial charge in [-0.25, -0.2) is 0 Å². The van der Waals surface area contributed by atoms with Crippen molar-refractivity contribution in [1.29, 1.82) is 0 Å². The van der Waals surface area contributed by atoms with Gasteiger partial charge in [0.15, 0.2) is 0 Å². The smallest absolute Gasteiger partial charge is 0.108 e. The molecule has 0 radical (unpaired) electrons. The molecule has 1 fully saturated rings. The normalized spacial score (nSPS) is 28.2. The maximum Gasteiger partial charge on any atom is 0.108 e. The van der Waals surface area contributed by atoms with Gasteiger partial charge in [0.25, 0.3) is 0 Å². The van der Waals surface area contributed by atoms with Gasteiger partial charge in [-0.2, -0.15) is 5.10 Å². The minimum absolute atomic E-state index is 0.582. The fourth-order valence-corrected chi connectivity index (χ4v) is 3.44. The summed E-state index contributed by atoms with van der Waals surface area (Å²) in [5.41, 5.74) is 0.245. The average Bonchev–Trinajstić information content (AvgIpc) is 2.80. The molecule has 1 N–H and O–H groups in total. The maximum atomic E-state index is 10.8. The van der Waals surface area contributed by atoms with Gasteiger partial charge in [-0.1, -0.05) is 6.92 Å². The number of likely N-dealkylation sites (N-methyl/N-ethyl adjacent to an activating group) is 1. The number of hydrogen-bond donors (Lipinski definition) is 1. The van der Waals surface area contributed by atoms with E-state index in [9.17, 15) is 5.11 Å². The molecule has 1 aliphatic rings. The van der Waals surface area contributed by atoms with E-state index in [1.165, 1.54) is 0 Å². The molecule has 0 spiro atoms. The van der Waals surface area contributed by atoms with Crippen molar-refractivity contribution in [3.05, 3.63) is 16.4 Å². The molecule has 1 aliphatic carbocycles. The number of halogens is 1. The molecule has 0 saturated heterocycles. The van der Waals surface area contributed by atoms with Crippen LogP contribution in [0.1, 0.15) is 31.9 Å². The summed E-state index contributed by atoms with van der Waals surface area (Å²) in [6, 6.07) is 0. The molecule has 2 rings (SSSR count). The minimum atomic E-state index is -0.707. The molecule has 1 aromatic rings. The second-order valence-corrected chi connectivity index (χ2v) is 6.60. The first-order valence-electron chi connectivity index (χ1n) is 6.51. The molecule has 2 unspecified atom stereocenters. The highest BCUT2D eigenvalue weighted by Gasteiger charge is 2.40. The summed E-state index contributed by atoms with van der Waals surface area (Å²) in [6.07, 6.45) is 4.55. The van der Waals surface area contributed by atoms with Crippen LogP contribution in [0.25, 0.3) is 0 Å². The number of aliphatic hydroxyl groups is 1. The lowest BCUT2D eigenvalue weighted by atomic mass is 9.96. The summed E-state index contributed by atoms with van der Waals surface area (Å²) in [6.45, 7) is 3.93. The molecular formula is C13H22BrN3O. The van der Waals surface area contributed by atoms with Gasteiger partial charge < -0.3 is 10.0 Å². The lowest BCUT2D eigenvalue weighted by Gasteiger charge is -2.25. The summed E-state index contributed by atoms with van der Waals surface area (Å²) in [5, 5.41) is 15.2. The van der Waals surface area contributed by atoms with Crippen molar-refractivity contribution in [2.75, 3.05) is 20.6 Å². The Hall–Kier alpha value is -0.390. The van der Waals surface area contributed by atoms with Crippen LogP contribution in [0.4, 0.5) is 0 Å². The Bertz CT molecular complexity index is 418. The molecule has 1 saturated carbocycles. The van der Waals surface area contributed by atoms with Crippen molar-refractivity contribution in [2.24, 2.45) is 5.92 Å². The van der Waals surface area contributed by atoms with Crippen LogP contribution in [0.3, 0.4) is 0 Å². The van der Waals surface area contributed by atoms with Crippen molar-refractivity contribution in [3.63, 3.8) is 0 Å². The Morgan fingerprint density at radius 1 is 1.61 bits per heavy atom. The molecule has 0 aromatic carbocycles. The zero-order valence-corrected chi connectivity index (χ0v) is 12.9. The van der Waals surface area contributed by atoms with Crippen LogP contribution in [0.5, 0.6) is 0 Å². The quantitative estimate of drug-likeness (QED) is 0.926. The standard InChI is InChI=1S/C13H22BrN3O/c1-10-4-5-13(18,8-10)12-11(14)9-15-17(12)7-6-16(2)3/h9-10,18H,4-8H2,1-3H3. The molecule has 0 bridgehead atoms. The van der Waals surface area contributed by atoms with E-state index < -0.39 is 5.60 Å². The Morgan fingerprint density at radius 2 is 2.33 bits per heavy atom. The predicted molar refractivity (Wildman–Crippen MR) is 75.4 cm³/mol. The van der Waals surface area contributed by atoms with E-state index in [0.29, 0.717) is 5.92 Å². The van der Waals surface area contributed by atoms with E-state index in [2.05, 4.69) is 32.9 Å². The molecule has 4 nitrogen and oxygen atoms in total. The third kappa shape index (κ3) is 2.78. The van der Waals surface area contributed by atoms with Crippen LogP contribution in [0, 0.1) is 5.92 Å².